The maximum atomic E-state index is 5.82. The zero-order chi connectivity index (χ0) is 81.8. The van der Waals surface area contributed by atoms with E-state index in [0.717, 1.165) is 226 Å². The maximum absolute atomic E-state index is 5.82. The second-order valence-corrected chi connectivity index (χ2v) is 28.5. The number of H-pyrrole nitrogens is 5. The van der Waals surface area contributed by atoms with Crippen molar-refractivity contribution in [2.75, 3.05) is 69.6 Å². The third kappa shape index (κ3) is 15.3. The van der Waals surface area contributed by atoms with Gasteiger partial charge in [-0.25, -0.2) is 49.8 Å². The summed E-state index contributed by atoms with van der Waals surface area (Å²) in [6.07, 6.45) is 22.7. The van der Waals surface area contributed by atoms with Crippen molar-refractivity contribution in [3.8, 4) is 90.9 Å². The lowest BCUT2D eigenvalue weighted by atomic mass is 10.1. The molecule has 5 aromatic carbocycles. The first-order chi connectivity index (χ1) is 57.5. The van der Waals surface area contributed by atoms with E-state index in [4.69, 9.17) is 37.9 Å². The highest BCUT2D eigenvalue weighted by atomic mass is 16.5. The number of hydrogen-bond donors (Lipinski definition) is 5. The molecule has 0 saturated carbocycles. The fourth-order valence-corrected chi connectivity index (χ4v) is 15.3. The van der Waals surface area contributed by atoms with E-state index in [1.807, 2.05) is 83.8 Å². The molecule has 0 amide bonds. The summed E-state index contributed by atoms with van der Waals surface area (Å²) < 4.78 is 53.5. The van der Waals surface area contributed by atoms with E-state index in [0.29, 0.717) is 25.7 Å². The summed E-state index contributed by atoms with van der Waals surface area (Å²) >= 11 is 0. The monoisotopic (exact) mass is 1580 g/mol. The Hall–Kier alpha value is -14.4. The summed E-state index contributed by atoms with van der Waals surface area (Å²) in [4.78, 5) is 60.0. The van der Waals surface area contributed by atoms with Gasteiger partial charge in [-0.15, -0.1) is 0 Å². The Morgan fingerprint density at radius 2 is 0.661 bits per heavy atom. The molecular weight excluding hydrogens is 1490 g/mol. The van der Waals surface area contributed by atoms with Crippen LogP contribution in [0, 0.1) is 6.92 Å². The second kappa shape index (κ2) is 33.6. The highest BCUT2D eigenvalue weighted by molar-refractivity contribution is 6.04. The molecule has 0 radical (unpaired) electrons. The zero-order valence-corrected chi connectivity index (χ0v) is 68.1. The summed E-state index contributed by atoms with van der Waals surface area (Å²) in [5.41, 5.74) is 23.7. The minimum Gasteiger partial charge on any atom is -0.497 e. The normalized spacial score (nSPS) is 11.4. The van der Waals surface area contributed by atoms with Crippen molar-refractivity contribution in [3.63, 3.8) is 0 Å². The van der Waals surface area contributed by atoms with Crippen LogP contribution in [0.2, 0.25) is 0 Å². The number of benzene rings is 5. The van der Waals surface area contributed by atoms with Crippen LogP contribution in [0.25, 0.3) is 166 Å². The number of nitrogens with one attached hydrogen (secondary N) is 5. The Balaban J connectivity index is 0.000000110. The van der Waals surface area contributed by atoms with Gasteiger partial charge in [0.25, 0.3) is 0 Å². The fourth-order valence-electron chi connectivity index (χ4n) is 15.3. The van der Waals surface area contributed by atoms with Crippen molar-refractivity contribution in [1.29, 1.82) is 0 Å². The minimum atomic E-state index is 0.548. The topological polar surface area (TPSA) is 306 Å². The molecule has 15 aromatic heterocycles. The maximum Gasteiger partial charge on any atom is 0.226 e. The van der Waals surface area contributed by atoms with E-state index < -0.39 is 0 Å². The van der Waals surface area contributed by atoms with Crippen LogP contribution in [-0.2, 0) is 57.6 Å². The molecule has 118 heavy (non-hydrogen) atoms. The molecule has 20 rings (SSSR count). The summed E-state index contributed by atoms with van der Waals surface area (Å²) in [6.45, 7) is 5.94. The SMILES string of the molecule is CCc1ncnc2[nH]c(-c3cn(C)c4ccc(OC)cc34)cc12.COCCCOc1ncnc2[nH]c(-c3cn(C)c4ccc(OC)cc34)cc12.COCCc1ncnc2[nH]c(-c3cn(C)c4ccc(OC)cc34)cc12.COc1ccc2c(c1)c(-c1cc3c(C)ncnc3[nH]1)cn2C.COc1ccc2c(c1)c(-c1cc3cncnc3[nH]1)cn2C. The molecule has 15 heterocycles. The Morgan fingerprint density at radius 3 is 1.05 bits per heavy atom. The molecule has 28 nitrogen and oxygen atoms in total. The van der Waals surface area contributed by atoms with Crippen LogP contribution in [0.3, 0.4) is 0 Å². The van der Waals surface area contributed by atoms with Crippen molar-refractivity contribution < 1.29 is 37.9 Å². The molecule has 0 aliphatic rings. The van der Waals surface area contributed by atoms with Crippen molar-refractivity contribution >= 4 is 110 Å². The average molecular weight is 1580 g/mol. The van der Waals surface area contributed by atoms with Gasteiger partial charge in [0.2, 0.25) is 5.88 Å². The predicted molar refractivity (Wildman–Crippen MR) is 463 cm³/mol. The number of aromatic nitrogens is 20. The van der Waals surface area contributed by atoms with Crippen LogP contribution in [0.15, 0.2) is 190 Å². The number of aromatic amines is 5. The minimum absolute atomic E-state index is 0.548. The van der Waals surface area contributed by atoms with E-state index >= 15 is 0 Å². The Bertz CT molecular complexity index is 6990. The quantitative estimate of drug-likeness (QED) is 0.0470. The van der Waals surface area contributed by atoms with Crippen LogP contribution in [0.1, 0.15) is 30.4 Å². The largest absolute Gasteiger partial charge is 0.497 e. The van der Waals surface area contributed by atoms with Crippen molar-refractivity contribution in [2.24, 2.45) is 35.2 Å². The highest BCUT2D eigenvalue weighted by Crippen LogP contribution is 2.41. The predicted octanol–water partition coefficient (Wildman–Crippen LogP) is 17.1. The zero-order valence-electron chi connectivity index (χ0n) is 68.1. The Kier molecular flexibility index (Phi) is 22.1. The summed E-state index contributed by atoms with van der Waals surface area (Å²) in [5.74, 6) is 4.81. The third-order valence-corrected chi connectivity index (χ3v) is 21.4. The van der Waals surface area contributed by atoms with E-state index in [1.165, 1.54) is 11.8 Å². The number of ether oxygens (including phenoxy) is 8. The Morgan fingerprint density at radius 1 is 0.322 bits per heavy atom. The number of fused-ring (bicyclic) bond motifs is 10. The van der Waals surface area contributed by atoms with Gasteiger partial charge in [-0.2, -0.15) is 0 Å². The molecule has 0 aliphatic carbocycles. The van der Waals surface area contributed by atoms with Crippen molar-refractivity contribution in [3.05, 3.63) is 207 Å². The van der Waals surface area contributed by atoms with Crippen molar-refractivity contribution in [2.45, 2.75) is 33.1 Å². The van der Waals surface area contributed by atoms with Crippen LogP contribution in [0.5, 0.6) is 34.6 Å². The van der Waals surface area contributed by atoms with Gasteiger partial charge in [0, 0.05) is 233 Å². The van der Waals surface area contributed by atoms with Gasteiger partial charge in [0.15, 0.2) is 0 Å². The lowest BCUT2D eigenvalue weighted by Crippen LogP contribution is -2.02. The van der Waals surface area contributed by atoms with Gasteiger partial charge in [-0.05, 0) is 135 Å². The lowest BCUT2D eigenvalue weighted by molar-refractivity contribution is 0.171. The highest BCUT2D eigenvalue weighted by Gasteiger charge is 2.21. The van der Waals surface area contributed by atoms with Gasteiger partial charge in [-0.3, -0.25) is 0 Å². The molecule has 0 atom stereocenters. The Labute approximate surface area is 677 Å². The standard InChI is InChI=1S/C20H22N4O3.C19H20N4O2.C18H18N4O.C17H16N4O.C16H14N4O/c1-24-11-16(14-9-13(26-3)5-6-18(14)24)17-10-15-19(23-17)21-12-22-20(15)27-8-4-7-25-2;1-23-10-15(13-8-12(25-3)4-5-18(13)23)17-9-14-16(6-7-24-2)20-11-21-19(14)22-17;1-4-15-13-8-16(21-18(13)20-10-19-15)14-9-22(2)17-6-5-11(23-3)7-12(14)17;1-10-12-7-15(20-17(12)19-9-18-10)14-8-21(2)16-5-4-11(22-3)6-13(14)16;1-20-8-13(12-6-11(21-2)3-4-15(12)20)14-5-10-7-17-9-18-16(10)19-14/h5-6,9-12H,4,7-8H2,1-3H3,(H,21,22,23);4-5,8-11H,6-7H2,1-3H3,(H,20,21,22);5-10H,4H2,1-3H3,(H,19,20,21);4-9H,1-3H3,(H,18,19,20);3-9H,1-2H3,(H,17,18,19). The first-order valence-electron chi connectivity index (χ1n) is 38.4. The number of rotatable bonds is 19. The number of nitrogens with zero attached hydrogens (tertiary/aromatic N) is 15. The summed E-state index contributed by atoms with van der Waals surface area (Å²) in [5, 5.41) is 10.8. The number of hydrogen-bond acceptors (Lipinski definition) is 18. The molecule has 0 bridgehead atoms. The van der Waals surface area contributed by atoms with Crippen LogP contribution < -0.4 is 28.4 Å². The van der Waals surface area contributed by atoms with E-state index in [1.54, 1.807) is 75.1 Å². The molecule has 28 heteroatoms. The summed E-state index contributed by atoms with van der Waals surface area (Å²) in [6, 6.07) is 41.0. The molecule has 20 aromatic rings. The van der Waals surface area contributed by atoms with Crippen LogP contribution in [-0.4, -0.2) is 167 Å². The van der Waals surface area contributed by atoms with E-state index in [2.05, 4.69) is 221 Å². The first kappa shape index (κ1) is 77.6. The third-order valence-electron chi connectivity index (χ3n) is 21.4. The molecule has 0 unspecified atom stereocenters. The van der Waals surface area contributed by atoms with Gasteiger partial charge in [0.1, 0.15) is 88.6 Å². The van der Waals surface area contributed by atoms with Gasteiger partial charge in [-0.1, -0.05) is 6.92 Å². The number of methoxy groups -OCH3 is 7. The molecule has 0 fully saturated rings. The average Bonchev–Trinajstić information content (AvgIpc) is 1.63. The van der Waals surface area contributed by atoms with Crippen LogP contribution in [0.4, 0.5) is 0 Å². The lowest BCUT2D eigenvalue weighted by Gasteiger charge is -2.04. The van der Waals surface area contributed by atoms with Gasteiger partial charge in [0.05, 0.1) is 76.9 Å². The fraction of sp³-hybridized carbons (Fsp3) is 0.222. The van der Waals surface area contributed by atoms with Gasteiger partial charge < -0.3 is 85.7 Å². The first-order valence-corrected chi connectivity index (χ1v) is 38.4. The molecule has 598 valence electrons. The van der Waals surface area contributed by atoms with E-state index in [9.17, 15) is 0 Å². The van der Waals surface area contributed by atoms with Gasteiger partial charge >= 0.3 is 0 Å². The molecule has 0 spiro atoms. The second-order valence-electron chi connectivity index (χ2n) is 28.5. The smallest absolute Gasteiger partial charge is 0.226 e. The van der Waals surface area contributed by atoms with Crippen molar-refractivity contribution in [1.82, 2.24) is 97.6 Å². The van der Waals surface area contributed by atoms with Crippen LogP contribution >= 0.6 is 0 Å². The molecule has 5 N–H and O–H groups in total. The molecule has 0 aliphatic heterocycles. The molecule has 0 saturated heterocycles. The molecular formula is C90H90N20O8. The summed E-state index contributed by atoms with van der Waals surface area (Å²) in [7, 11) is 22.0. The number of aryl methyl sites for hydroxylation is 7. The van der Waals surface area contributed by atoms with E-state index in [-0.39, 0.29) is 0 Å².